The van der Waals surface area contributed by atoms with E-state index in [0.29, 0.717) is 6.04 Å². The molecular formula is C22H24Br2N4. The van der Waals surface area contributed by atoms with Crippen LogP contribution in [-0.2, 0) is 19.6 Å². The molecule has 0 amide bonds. The molecule has 1 aliphatic rings. The molecule has 0 spiro atoms. The number of hydrogen-bond acceptors (Lipinski definition) is 3. The third-order valence-corrected chi connectivity index (χ3v) is 6.35. The van der Waals surface area contributed by atoms with Crippen LogP contribution in [0.5, 0.6) is 0 Å². The van der Waals surface area contributed by atoms with Gasteiger partial charge in [0.15, 0.2) is 0 Å². The maximum absolute atomic E-state index is 4.22. The van der Waals surface area contributed by atoms with E-state index in [9.17, 15) is 0 Å². The Labute approximate surface area is 183 Å². The van der Waals surface area contributed by atoms with Gasteiger partial charge in [0.2, 0.25) is 0 Å². The summed E-state index contributed by atoms with van der Waals surface area (Å²) >= 11 is 7.06. The first-order valence-corrected chi connectivity index (χ1v) is 11.2. The Hall–Kier alpha value is -1.47. The predicted molar refractivity (Wildman–Crippen MR) is 120 cm³/mol. The monoisotopic (exact) mass is 502 g/mol. The summed E-state index contributed by atoms with van der Waals surface area (Å²) in [6.07, 6.45) is 5.85. The third kappa shape index (κ3) is 5.32. The number of imidazole rings is 1. The Morgan fingerprint density at radius 1 is 0.857 bits per heavy atom. The molecule has 1 saturated heterocycles. The normalized spacial score (nSPS) is 18.4. The van der Waals surface area contributed by atoms with Crippen molar-refractivity contribution in [3.8, 4) is 0 Å². The Morgan fingerprint density at radius 3 is 2.11 bits per heavy atom. The van der Waals surface area contributed by atoms with E-state index in [1.165, 1.54) is 11.1 Å². The highest BCUT2D eigenvalue weighted by Crippen LogP contribution is 2.20. The lowest BCUT2D eigenvalue weighted by atomic mass is 10.1. The highest BCUT2D eigenvalue weighted by atomic mass is 79.9. The fourth-order valence-electron chi connectivity index (χ4n) is 3.79. The Kier molecular flexibility index (Phi) is 6.62. The van der Waals surface area contributed by atoms with Crippen LogP contribution < -0.4 is 0 Å². The molecule has 4 rings (SSSR count). The van der Waals surface area contributed by atoms with Crippen molar-refractivity contribution >= 4 is 31.9 Å². The van der Waals surface area contributed by atoms with E-state index < -0.39 is 0 Å². The molecule has 2 aromatic carbocycles. The molecule has 0 aliphatic carbocycles. The van der Waals surface area contributed by atoms with Gasteiger partial charge in [-0.3, -0.25) is 9.80 Å². The zero-order chi connectivity index (χ0) is 19.3. The number of hydrogen-bond donors (Lipinski definition) is 0. The summed E-state index contributed by atoms with van der Waals surface area (Å²) in [6.45, 7) is 6.18. The number of rotatable bonds is 6. The first-order chi connectivity index (χ1) is 13.7. The van der Waals surface area contributed by atoms with Gasteiger partial charge < -0.3 is 4.57 Å². The molecule has 6 heteroatoms. The number of piperazine rings is 1. The summed E-state index contributed by atoms with van der Waals surface area (Å²) in [5.74, 6) is 0. The summed E-state index contributed by atoms with van der Waals surface area (Å²) in [7, 11) is 0. The van der Waals surface area contributed by atoms with Gasteiger partial charge in [0.25, 0.3) is 0 Å². The van der Waals surface area contributed by atoms with Crippen molar-refractivity contribution in [2.24, 2.45) is 0 Å². The van der Waals surface area contributed by atoms with Crippen LogP contribution in [-0.4, -0.2) is 45.0 Å². The van der Waals surface area contributed by atoms with Gasteiger partial charge in [-0.05, 0) is 35.4 Å². The Bertz CT molecular complexity index is 863. The molecule has 0 saturated carbocycles. The van der Waals surface area contributed by atoms with Gasteiger partial charge in [-0.25, -0.2) is 4.98 Å². The maximum atomic E-state index is 4.22. The van der Waals surface area contributed by atoms with E-state index in [2.05, 4.69) is 106 Å². The third-order valence-electron chi connectivity index (χ3n) is 5.29. The second-order valence-electron chi connectivity index (χ2n) is 7.37. The van der Waals surface area contributed by atoms with Gasteiger partial charge in [0.1, 0.15) is 0 Å². The molecule has 146 valence electrons. The molecule has 0 N–H and O–H groups in total. The van der Waals surface area contributed by atoms with Gasteiger partial charge >= 0.3 is 0 Å². The molecule has 1 fully saturated rings. The molecular weight excluding hydrogens is 480 g/mol. The minimum atomic E-state index is 0.460. The highest BCUT2D eigenvalue weighted by molar-refractivity contribution is 9.10. The molecule has 4 nitrogen and oxygen atoms in total. The highest BCUT2D eigenvalue weighted by Gasteiger charge is 2.27. The van der Waals surface area contributed by atoms with E-state index >= 15 is 0 Å². The van der Waals surface area contributed by atoms with E-state index in [1.807, 2.05) is 12.5 Å². The van der Waals surface area contributed by atoms with Gasteiger partial charge in [-0.1, -0.05) is 56.1 Å². The van der Waals surface area contributed by atoms with Gasteiger partial charge in [-0.2, -0.15) is 0 Å². The zero-order valence-electron chi connectivity index (χ0n) is 15.7. The first kappa shape index (κ1) is 19.8. The molecule has 0 bridgehead atoms. The van der Waals surface area contributed by atoms with Crippen molar-refractivity contribution in [3.63, 3.8) is 0 Å². The minimum Gasteiger partial charge on any atom is -0.336 e. The zero-order valence-corrected chi connectivity index (χ0v) is 18.9. The smallest absolute Gasteiger partial charge is 0.0946 e. The minimum absolute atomic E-state index is 0.460. The van der Waals surface area contributed by atoms with E-state index in [-0.39, 0.29) is 0 Å². The summed E-state index contributed by atoms with van der Waals surface area (Å²) in [4.78, 5) is 9.41. The lowest BCUT2D eigenvalue weighted by Crippen LogP contribution is -2.53. The SMILES string of the molecule is Brc1ccc(CN2CCN(Cc3ccc(Br)cc3)C(Cn3ccnc3)C2)cc1. The second kappa shape index (κ2) is 9.35. The fraction of sp³-hybridized carbons (Fsp3) is 0.318. The second-order valence-corrected chi connectivity index (χ2v) is 9.20. The number of aromatic nitrogens is 2. The van der Waals surface area contributed by atoms with Crippen LogP contribution in [0.15, 0.2) is 76.2 Å². The van der Waals surface area contributed by atoms with Crippen molar-refractivity contribution in [1.82, 2.24) is 19.4 Å². The molecule has 1 aliphatic heterocycles. The average Bonchev–Trinajstić information content (AvgIpc) is 3.20. The van der Waals surface area contributed by atoms with Crippen LogP contribution in [0.1, 0.15) is 11.1 Å². The molecule has 1 aromatic heterocycles. The van der Waals surface area contributed by atoms with Crippen molar-refractivity contribution in [1.29, 1.82) is 0 Å². The number of benzene rings is 2. The Balaban J connectivity index is 1.45. The Morgan fingerprint density at radius 2 is 1.50 bits per heavy atom. The lowest BCUT2D eigenvalue weighted by Gasteiger charge is -2.41. The molecule has 1 unspecified atom stereocenters. The first-order valence-electron chi connectivity index (χ1n) is 9.57. The topological polar surface area (TPSA) is 24.3 Å². The van der Waals surface area contributed by atoms with Gasteiger partial charge in [0.05, 0.1) is 6.33 Å². The molecule has 0 radical (unpaired) electrons. The van der Waals surface area contributed by atoms with Crippen LogP contribution in [0.4, 0.5) is 0 Å². The van der Waals surface area contributed by atoms with Crippen LogP contribution in [0.3, 0.4) is 0 Å². The van der Waals surface area contributed by atoms with E-state index in [4.69, 9.17) is 0 Å². The van der Waals surface area contributed by atoms with Crippen molar-refractivity contribution in [2.45, 2.75) is 25.7 Å². The van der Waals surface area contributed by atoms with Crippen LogP contribution in [0, 0.1) is 0 Å². The standard InChI is InChI=1S/C22H24Br2N4/c23-20-5-1-18(2-6-20)13-26-11-12-28(14-19-3-7-21(24)8-4-19)22(15-26)16-27-10-9-25-17-27/h1-10,17,22H,11-16H2. The van der Waals surface area contributed by atoms with Crippen molar-refractivity contribution in [2.75, 3.05) is 19.6 Å². The van der Waals surface area contributed by atoms with Crippen LogP contribution >= 0.6 is 31.9 Å². The molecule has 28 heavy (non-hydrogen) atoms. The summed E-state index contributed by atoms with van der Waals surface area (Å²) in [5.41, 5.74) is 2.73. The average molecular weight is 504 g/mol. The molecule has 2 heterocycles. The van der Waals surface area contributed by atoms with Crippen LogP contribution in [0.25, 0.3) is 0 Å². The van der Waals surface area contributed by atoms with Gasteiger partial charge in [-0.15, -0.1) is 0 Å². The predicted octanol–water partition coefficient (Wildman–Crippen LogP) is 4.79. The van der Waals surface area contributed by atoms with Crippen molar-refractivity contribution in [3.05, 3.63) is 87.3 Å². The number of nitrogens with zero attached hydrogens (tertiary/aromatic N) is 4. The molecule has 3 aromatic rings. The summed E-state index contributed by atoms with van der Waals surface area (Å²) in [6, 6.07) is 17.8. The summed E-state index contributed by atoms with van der Waals surface area (Å²) < 4.78 is 4.46. The van der Waals surface area contributed by atoms with Crippen molar-refractivity contribution < 1.29 is 0 Å². The largest absolute Gasteiger partial charge is 0.336 e. The summed E-state index contributed by atoms with van der Waals surface area (Å²) in [5, 5.41) is 0. The fourth-order valence-corrected chi connectivity index (χ4v) is 4.32. The molecule has 1 atom stereocenters. The van der Waals surface area contributed by atoms with E-state index in [1.54, 1.807) is 0 Å². The lowest BCUT2D eigenvalue weighted by molar-refractivity contribution is 0.0549. The maximum Gasteiger partial charge on any atom is 0.0946 e. The quantitative estimate of drug-likeness (QED) is 0.483. The number of halogens is 2. The van der Waals surface area contributed by atoms with Crippen LogP contribution in [0.2, 0.25) is 0 Å². The van der Waals surface area contributed by atoms with E-state index in [0.717, 1.165) is 48.2 Å². The van der Waals surface area contributed by atoms with Gasteiger partial charge in [0, 0.05) is 66.6 Å².